The molecule has 1 fully saturated rings. The molecule has 0 aromatic heterocycles. The fourth-order valence-corrected chi connectivity index (χ4v) is 3.44. The number of nitrogens with zero attached hydrogens (tertiary/aromatic N) is 1. The predicted molar refractivity (Wildman–Crippen MR) is 76.1 cm³/mol. The van der Waals surface area contributed by atoms with E-state index in [0.29, 0.717) is 6.04 Å². The molecular weight excluding hydrogens is 332 g/mol. The molecule has 1 aromatic carbocycles. The van der Waals surface area contributed by atoms with Crippen molar-refractivity contribution in [3.8, 4) is 0 Å². The van der Waals surface area contributed by atoms with E-state index in [-0.39, 0.29) is 0 Å². The number of rotatable bonds is 2. The second kappa shape index (κ2) is 5.52. The van der Waals surface area contributed by atoms with Crippen molar-refractivity contribution < 1.29 is 0 Å². The Morgan fingerprint density at radius 1 is 1.25 bits per heavy atom. The van der Waals surface area contributed by atoms with E-state index >= 15 is 0 Å². The van der Waals surface area contributed by atoms with E-state index in [2.05, 4.69) is 67.3 Å². The maximum atomic E-state index is 3.63. The number of piperidine rings is 1. The highest BCUT2D eigenvalue weighted by atomic mass is 79.9. The van der Waals surface area contributed by atoms with Crippen molar-refractivity contribution in [1.82, 2.24) is 5.32 Å². The lowest BCUT2D eigenvalue weighted by atomic mass is 10.0. The van der Waals surface area contributed by atoms with Crippen molar-refractivity contribution in [3.63, 3.8) is 0 Å². The summed E-state index contributed by atoms with van der Waals surface area (Å²) in [7, 11) is 2.05. The first-order valence-electron chi connectivity index (χ1n) is 5.58. The summed E-state index contributed by atoms with van der Waals surface area (Å²) in [5.74, 6) is 0. The minimum Gasteiger partial charge on any atom is -0.371 e. The van der Waals surface area contributed by atoms with Crippen LogP contribution in [0.25, 0.3) is 0 Å². The van der Waals surface area contributed by atoms with Crippen LogP contribution in [-0.4, -0.2) is 26.2 Å². The van der Waals surface area contributed by atoms with Crippen LogP contribution >= 0.6 is 31.9 Å². The van der Waals surface area contributed by atoms with E-state index in [1.807, 2.05) is 0 Å². The van der Waals surface area contributed by atoms with E-state index in [0.717, 1.165) is 17.6 Å². The summed E-state index contributed by atoms with van der Waals surface area (Å²) in [6, 6.07) is 7.07. The second-order valence-corrected chi connectivity index (χ2v) is 5.92. The minimum atomic E-state index is 0.686. The molecule has 2 nitrogen and oxygen atoms in total. The van der Waals surface area contributed by atoms with Crippen molar-refractivity contribution in [1.29, 1.82) is 0 Å². The first-order valence-corrected chi connectivity index (χ1v) is 7.16. The molecule has 0 aliphatic carbocycles. The monoisotopic (exact) mass is 346 g/mol. The van der Waals surface area contributed by atoms with Gasteiger partial charge in [0.05, 0.1) is 5.69 Å². The number of nitrogens with one attached hydrogen (secondary N) is 1. The minimum absolute atomic E-state index is 0.686. The van der Waals surface area contributed by atoms with Crippen LogP contribution in [0.5, 0.6) is 0 Å². The van der Waals surface area contributed by atoms with Crippen molar-refractivity contribution in [2.45, 2.75) is 18.9 Å². The summed E-state index contributed by atoms with van der Waals surface area (Å²) in [5, 5.41) is 3.35. The van der Waals surface area contributed by atoms with Crippen molar-refractivity contribution >= 4 is 37.5 Å². The lowest BCUT2D eigenvalue weighted by molar-refractivity contribution is 0.442. The van der Waals surface area contributed by atoms with Gasteiger partial charge >= 0.3 is 0 Å². The molecule has 1 aliphatic rings. The van der Waals surface area contributed by atoms with Crippen LogP contribution in [0.2, 0.25) is 0 Å². The van der Waals surface area contributed by atoms with Crippen LogP contribution in [0.3, 0.4) is 0 Å². The molecule has 0 radical (unpaired) electrons. The molecule has 1 N–H and O–H groups in total. The summed E-state index contributed by atoms with van der Waals surface area (Å²) in [4.78, 5) is 2.45. The topological polar surface area (TPSA) is 15.3 Å². The average Bonchev–Trinajstić information content (AvgIpc) is 2.29. The van der Waals surface area contributed by atoms with Gasteiger partial charge in [-0.15, -0.1) is 0 Å². The second-order valence-electron chi connectivity index (χ2n) is 4.15. The molecule has 1 aromatic rings. The molecule has 1 aliphatic heterocycles. The van der Waals surface area contributed by atoms with Gasteiger partial charge in [0.2, 0.25) is 0 Å². The zero-order chi connectivity index (χ0) is 11.5. The molecule has 88 valence electrons. The first kappa shape index (κ1) is 12.4. The molecule has 2 rings (SSSR count). The molecule has 0 unspecified atom stereocenters. The van der Waals surface area contributed by atoms with Crippen LogP contribution in [0, 0.1) is 0 Å². The van der Waals surface area contributed by atoms with Crippen LogP contribution in [-0.2, 0) is 0 Å². The van der Waals surface area contributed by atoms with Crippen molar-refractivity contribution in [2.75, 3.05) is 25.0 Å². The maximum Gasteiger partial charge on any atom is 0.0511 e. The van der Waals surface area contributed by atoms with Gasteiger partial charge in [0.25, 0.3) is 0 Å². The lowest BCUT2D eigenvalue weighted by Crippen LogP contribution is -2.41. The Balaban J connectivity index is 2.08. The zero-order valence-corrected chi connectivity index (χ0v) is 12.5. The summed E-state index contributed by atoms with van der Waals surface area (Å²) in [6.07, 6.45) is 2.44. The Morgan fingerprint density at radius 2 is 1.94 bits per heavy atom. The largest absolute Gasteiger partial charge is 0.371 e. The Hall–Kier alpha value is -0.0600. The standard InChI is InChI=1S/C12H16Br2N2/c1-15-10-4-6-16(7-5-10)12-3-2-9(13)8-11(12)14/h2-3,8,10,15H,4-7H2,1H3. The van der Waals surface area contributed by atoms with E-state index in [9.17, 15) is 0 Å². The van der Waals surface area contributed by atoms with E-state index in [4.69, 9.17) is 0 Å². The third-order valence-electron chi connectivity index (χ3n) is 3.15. The smallest absolute Gasteiger partial charge is 0.0511 e. The summed E-state index contributed by atoms with van der Waals surface area (Å²) >= 11 is 7.11. The van der Waals surface area contributed by atoms with Crippen LogP contribution in [0.4, 0.5) is 5.69 Å². The molecule has 0 bridgehead atoms. The highest BCUT2D eigenvalue weighted by Gasteiger charge is 2.19. The maximum absolute atomic E-state index is 3.63. The third-order valence-corrected chi connectivity index (χ3v) is 4.28. The Labute approximate surface area is 114 Å². The summed E-state index contributed by atoms with van der Waals surface area (Å²) in [5.41, 5.74) is 1.30. The van der Waals surface area contributed by atoms with Gasteiger partial charge in [0.1, 0.15) is 0 Å². The quantitative estimate of drug-likeness (QED) is 0.882. The number of hydrogen-bond donors (Lipinski definition) is 1. The van der Waals surface area contributed by atoms with Crippen LogP contribution in [0.15, 0.2) is 27.1 Å². The van der Waals surface area contributed by atoms with Crippen LogP contribution < -0.4 is 10.2 Å². The molecule has 1 heterocycles. The Morgan fingerprint density at radius 3 is 2.50 bits per heavy atom. The normalized spacial score (nSPS) is 17.8. The fourth-order valence-electron chi connectivity index (χ4n) is 2.15. The Bertz CT molecular complexity index is 360. The molecule has 0 spiro atoms. The van der Waals surface area contributed by atoms with Gasteiger partial charge in [-0.2, -0.15) is 0 Å². The molecule has 4 heteroatoms. The Kier molecular flexibility index (Phi) is 4.27. The van der Waals surface area contributed by atoms with E-state index in [1.54, 1.807) is 0 Å². The molecule has 0 saturated carbocycles. The molecule has 16 heavy (non-hydrogen) atoms. The summed E-state index contributed by atoms with van der Waals surface area (Å²) < 4.78 is 2.29. The van der Waals surface area contributed by atoms with Gasteiger partial charge in [0, 0.05) is 28.1 Å². The molecule has 0 amide bonds. The summed E-state index contributed by atoms with van der Waals surface area (Å²) in [6.45, 7) is 2.26. The lowest BCUT2D eigenvalue weighted by Gasteiger charge is -2.34. The van der Waals surface area contributed by atoms with E-state index < -0.39 is 0 Å². The fraction of sp³-hybridized carbons (Fsp3) is 0.500. The molecule has 0 atom stereocenters. The van der Waals surface area contributed by atoms with Crippen LogP contribution in [0.1, 0.15) is 12.8 Å². The van der Waals surface area contributed by atoms with Gasteiger partial charge in [-0.25, -0.2) is 0 Å². The van der Waals surface area contributed by atoms with Gasteiger partial charge in [-0.1, -0.05) is 15.9 Å². The number of halogens is 2. The van der Waals surface area contributed by atoms with Gasteiger partial charge in [-0.3, -0.25) is 0 Å². The van der Waals surface area contributed by atoms with Crippen molar-refractivity contribution in [3.05, 3.63) is 27.1 Å². The van der Waals surface area contributed by atoms with Crippen molar-refractivity contribution in [2.24, 2.45) is 0 Å². The van der Waals surface area contributed by atoms with Gasteiger partial charge in [0.15, 0.2) is 0 Å². The molecule has 1 saturated heterocycles. The highest BCUT2D eigenvalue weighted by molar-refractivity contribution is 9.11. The van der Waals surface area contributed by atoms with Gasteiger partial charge in [-0.05, 0) is 54.0 Å². The first-order chi connectivity index (χ1) is 7.70. The SMILES string of the molecule is CNC1CCN(c2ccc(Br)cc2Br)CC1. The van der Waals surface area contributed by atoms with Gasteiger partial charge < -0.3 is 10.2 Å². The zero-order valence-electron chi connectivity index (χ0n) is 9.34. The highest BCUT2D eigenvalue weighted by Crippen LogP contribution is 2.31. The predicted octanol–water partition coefficient (Wildman–Crippen LogP) is 3.40. The number of hydrogen-bond acceptors (Lipinski definition) is 2. The number of benzene rings is 1. The average molecular weight is 348 g/mol. The third kappa shape index (κ3) is 2.79. The number of anilines is 1. The molecular formula is C12H16Br2N2. The van der Waals surface area contributed by atoms with E-state index in [1.165, 1.54) is 23.0 Å².